The highest BCUT2D eigenvalue weighted by Gasteiger charge is 2.59. The predicted octanol–water partition coefficient (Wildman–Crippen LogP) is 4.03. The van der Waals surface area contributed by atoms with Gasteiger partial charge in [-0.3, -0.25) is 14.6 Å². The van der Waals surface area contributed by atoms with Crippen LogP contribution in [0.15, 0.2) is 24.5 Å². The van der Waals surface area contributed by atoms with Crippen molar-refractivity contribution < 1.29 is 19.8 Å². The SMILES string of the molecule is CC(C)(C)CC(=O)Nc1nc2c(s1)CC1C(C)(CO)C(O)CCC1(C)C2CC(=O)NCc1cccnc1. The van der Waals surface area contributed by atoms with Gasteiger partial charge in [-0.25, -0.2) is 4.98 Å². The van der Waals surface area contributed by atoms with Gasteiger partial charge in [-0.15, -0.1) is 11.3 Å². The van der Waals surface area contributed by atoms with Crippen LogP contribution >= 0.6 is 11.3 Å². The fourth-order valence-corrected chi connectivity index (χ4v) is 7.39. The highest BCUT2D eigenvalue weighted by Crippen LogP contribution is 2.62. The van der Waals surface area contributed by atoms with E-state index in [2.05, 4.69) is 22.5 Å². The van der Waals surface area contributed by atoms with Crippen LogP contribution in [0.3, 0.4) is 0 Å². The van der Waals surface area contributed by atoms with Gasteiger partial charge in [0, 0.05) is 48.0 Å². The molecule has 0 spiro atoms. The number of hydrogen-bond donors (Lipinski definition) is 4. The Morgan fingerprint density at radius 1 is 1.24 bits per heavy atom. The van der Waals surface area contributed by atoms with Crippen LogP contribution in [0, 0.1) is 22.2 Å². The number of rotatable bonds is 7. The molecule has 9 heteroatoms. The molecule has 1 fully saturated rings. The minimum absolute atomic E-state index is 0.0315. The molecular weight excluding hydrogens is 488 g/mol. The maximum Gasteiger partial charge on any atom is 0.226 e. The lowest BCUT2D eigenvalue weighted by molar-refractivity contribution is -0.144. The van der Waals surface area contributed by atoms with Crippen molar-refractivity contribution in [3.05, 3.63) is 40.7 Å². The van der Waals surface area contributed by atoms with Gasteiger partial charge < -0.3 is 20.8 Å². The van der Waals surface area contributed by atoms with Crippen molar-refractivity contribution in [2.75, 3.05) is 11.9 Å². The smallest absolute Gasteiger partial charge is 0.226 e. The fourth-order valence-electron chi connectivity index (χ4n) is 6.31. The van der Waals surface area contributed by atoms with Gasteiger partial charge in [-0.1, -0.05) is 40.7 Å². The number of aliphatic hydroxyl groups is 2. The number of carbonyl (C=O) groups excluding carboxylic acids is 2. The second-order valence-electron chi connectivity index (χ2n) is 12.5. The van der Waals surface area contributed by atoms with E-state index in [0.29, 0.717) is 30.9 Å². The van der Waals surface area contributed by atoms with Crippen LogP contribution in [0.1, 0.15) is 82.4 Å². The highest BCUT2D eigenvalue weighted by atomic mass is 32.1. The first-order valence-corrected chi connectivity index (χ1v) is 13.9. The number of hydrogen-bond acceptors (Lipinski definition) is 7. The zero-order chi connectivity index (χ0) is 27.0. The zero-order valence-electron chi connectivity index (χ0n) is 22.5. The molecule has 0 aliphatic heterocycles. The highest BCUT2D eigenvalue weighted by molar-refractivity contribution is 7.15. The van der Waals surface area contributed by atoms with E-state index in [1.54, 1.807) is 12.4 Å². The molecule has 0 radical (unpaired) electrons. The lowest BCUT2D eigenvalue weighted by atomic mass is 9.47. The van der Waals surface area contributed by atoms with Crippen molar-refractivity contribution in [2.24, 2.45) is 22.2 Å². The first-order valence-electron chi connectivity index (χ1n) is 13.1. The lowest BCUT2D eigenvalue weighted by Crippen LogP contribution is -2.57. The van der Waals surface area contributed by atoms with Crippen molar-refractivity contribution in [1.82, 2.24) is 15.3 Å². The zero-order valence-corrected chi connectivity index (χ0v) is 23.3. The van der Waals surface area contributed by atoms with Crippen molar-refractivity contribution in [2.45, 2.75) is 85.3 Å². The molecule has 2 amide bonds. The molecule has 2 aliphatic rings. The molecule has 8 nitrogen and oxygen atoms in total. The van der Waals surface area contributed by atoms with Crippen molar-refractivity contribution >= 4 is 28.3 Å². The molecule has 4 N–H and O–H groups in total. The van der Waals surface area contributed by atoms with E-state index in [1.165, 1.54) is 11.3 Å². The van der Waals surface area contributed by atoms with Crippen molar-refractivity contribution in [3.8, 4) is 0 Å². The summed E-state index contributed by atoms with van der Waals surface area (Å²) in [5, 5.41) is 27.9. The minimum Gasteiger partial charge on any atom is -0.396 e. The summed E-state index contributed by atoms with van der Waals surface area (Å²) in [4.78, 5) is 35.9. The largest absolute Gasteiger partial charge is 0.396 e. The van der Waals surface area contributed by atoms with Crippen molar-refractivity contribution in [1.29, 1.82) is 0 Å². The number of carbonyl (C=O) groups is 2. The molecule has 5 atom stereocenters. The number of thiazole rings is 1. The monoisotopic (exact) mass is 528 g/mol. The molecule has 2 aromatic heterocycles. The van der Waals surface area contributed by atoms with Gasteiger partial charge in [0.15, 0.2) is 5.13 Å². The number of anilines is 1. The maximum atomic E-state index is 13.2. The molecule has 2 heterocycles. The van der Waals surface area contributed by atoms with E-state index in [1.807, 2.05) is 39.8 Å². The normalized spacial score (nSPS) is 29.2. The molecule has 5 unspecified atom stereocenters. The maximum absolute atomic E-state index is 13.2. The average molecular weight is 529 g/mol. The van der Waals surface area contributed by atoms with E-state index < -0.39 is 11.5 Å². The summed E-state index contributed by atoms with van der Waals surface area (Å²) < 4.78 is 0. The predicted molar refractivity (Wildman–Crippen MR) is 144 cm³/mol. The number of aromatic nitrogens is 2. The molecule has 2 aliphatic carbocycles. The standard InChI is InChI=1S/C28H40N4O4S/c1-26(2,3)13-23(36)31-25-32-24-18(11-22(35)30-15-17-7-6-10-29-14-17)27(4)9-8-21(34)28(5,16-33)20(27)12-19(24)37-25/h6-7,10,14,18,20-21,33-34H,8-9,11-13,15-16H2,1-5H3,(H,30,35)(H,31,32,36). The first kappa shape index (κ1) is 27.7. The van der Waals surface area contributed by atoms with E-state index in [-0.39, 0.29) is 47.5 Å². The number of aliphatic hydroxyl groups excluding tert-OH is 2. The molecule has 0 aromatic carbocycles. The molecule has 4 rings (SSSR count). The summed E-state index contributed by atoms with van der Waals surface area (Å²) in [6.45, 7) is 10.5. The third kappa shape index (κ3) is 5.73. The number of nitrogens with one attached hydrogen (secondary N) is 2. The average Bonchev–Trinajstić information content (AvgIpc) is 3.23. The third-order valence-corrected chi connectivity index (χ3v) is 9.44. The minimum atomic E-state index is -0.686. The number of pyridine rings is 1. The van der Waals surface area contributed by atoms with Gasteiger partial charge in [-0.05, 0) is 47.6 Å². The summed E-state index contributed by atoms with van der Waals surface area (Å²) in [6.07, 6.45) is 5.40. The Kier molecular flexibility index (Phi) is 7.79. The fraction of sp³-hybridized carbons (Fsp3) is 0.643. The van der Waals surface area contributed by atoms with Gasteiger partial charge in [0.05, 0.1) is 18.4 Å². The molecule has 37 heavy (non-hydrogen) atoms. The van der Waals surface area contributed by atoms with Crippen LogP contribution in [0.25, 0.3) is 0 Å². The van der Waals surface area contributed by atoms with Crippen LogP contribution in [-0.4, -0.2) is 44.7 Å². The molecule has 0 bridgehead atoms. The van der Waals surface area contributed by atoms with Crippen LogP contribution in [0.4, 0.5) is 5.13 Å². The van der Waals surface area contributed by atoms with E-state index in [4.69, 9.17) is 4.98 Å². The summed E-state index contributed by atoms with van der Waals surface area (Å²) >= 11 is 1.45. The van der Waals surface area contributed by atoms with E-state index >= 15 is 0 Å². The Balaban J connectivity index is 1.64. The Morgan fingerprint density at radius 2 is 2.00 bits per heavy atom. The molecular formula is C28H40N4O4S. The third-order valence-electron chi connectivity index (χ3n) is 8.43. The second kappa shape index (κ2) is 10.4. The first-order chi connectivity index (χ1) is 17.4. The van der Waals surface area contributed by atoms with Crippen LogP contribution in [-0.2, 0) is 22.6 Å². The summed E-state index contributed by atoms with van der Waals surface area (Å²) in [7, 11) is 0. The topological polar surface area (TPSA) is 124 Å². The van der Waals surface area contributed by atoms with Gasteiger partial charge in [0.25, 0.3) is 0 Å². The Hall–Kier alpha value is -2.36. The van der Waals surface area contributed by atoms with E-state index in [9.17, 15) is 19.8 Å². The van der Waals surface area contributed by atoms with Gasteiger partial charge in [-0.2, -0.15) is 0 Å². The van der Waals surface area contributed by atoms with Crippen LogP contribution in [0.5, 0.6) is 0 Å². The Morgan fingerprint density at radius 3 is 2.65 bits per heavy atom. The number of fused-ring (bicyclic) bond motifs is 2. The summed E-state index contributed by atoms with van der Waals surface area (Å²) in [5.74, 6) is -0.387. The summed E-state index contributed by atoms with van der Waals surface area (Å²) in [5.41, 5.74) is 0.626. The van der Waals surface area contributed by atoms with Gasteiger partial charge in [0.1, 0.15) is 0 Å². The van der Waals surface area contributed by atoms with Crippen molar-refractivity contribution in [3.63, 3.8) is 0 Å². The molecule has 0 saturated heterocycles. The summed E-state index contributed by atoms with van der Waals surface area (Å²) in [6, 6.07) is 3.76. The quantitative estimate of drug-likeness (QED) is 0.430. The Bertz CT molecular complexity index is 1130. The Labute approximate surface area is 223 Å². The number of nitrogens with zero attached hydrogens (tertiary/aromatic N) is 2. The molecule has 1 saturated carbocycles. The van der Waals surface area contributed by atoms with Crippen LogP contribution in [0.2, 0.25) is 0 Å². The van der Waals surface area contributed by atoms with E-state index in [0.717, 1.165) is 22.6 Å². The number of amides is 2. The molecule has 202 valence electrons. The molecule has 2 aromatic rings. The van der Waals surface area contributed by atoms with Gasteiger partial charge in [0.2, 0.25) is 11.8 Å². The second-order valence-corrected chi connectivity index (χ2v) is 13.6. The lowest BCUT2D eigenvalue weighted by Gasteiger charge is -2.58. The van der Waals surface area contributed by atoms with Crippen LogP contribution < -0.4 is 10.6 Å². The van der Waals surface area contributed by atoms with Gasteiger partial charge >= 0.3 is 0 Å².